The zero-order valence-electron chi connectivity index (χ0n) is 9.01. The van der Waals surface area contributed by atoms with Crippen LogP contribution in [0.1, 0.15) is 11.5 Å². The Morgan fingerprint density at radius 1 is 1.56 bits per heavy atom. The fourth-order valence-corrected chi connectivity index (χ4v) is 1.08. The van der Waals surface area contributed by atoms with Crippen LogP contribution in [-0.4, -0.2) is 34.1 Å². The molecule has 0 aliphatic heterocycles. The van der Waals surface area contributed by atoms with E-state index in [1.54, 1.807) is 20.0 Å². The van der Waals surface area contributed by atoms with Crippen molar-refractivity contribution in [3.05, 3.63) is 29.7 Å². The molecule has 6 heteroatoms. The quantitative estimate of drug-likeness (QED) is 0.756. The van der Waals surface area contributed by atoms with Crippen molar-refractivity contribution in [3.63, 3.8) is 0 Å². The van der Waals surface area contributed by atoms with E-state index in [2.05, 4.69) is 5.16 Å². The molecule has 0 atom stereocenters. The molecule has 1 amide bonds. The molecular weight excluding hydrogens is 212 g/mol. The lowest BCUT2D eigenvalue weighted by atomic mass is 10.3. The minimum absolute atomic E-state index is 0.278. The van der Waals surface area contributed by atoms with Crippen molar-refractivity contribution in [2.75, 3.05) is 7.05 Å². The Labute approximate surface area is 92.1 Å². The summed E-state index contributed by atoms with van der Waals surface area (Å²) < 4.78 is 4.84. The van der Waals surface area contributed by atoms with Gasteiger partial charge in [0, 0.05) is 25.3 Å². The maximum Gasteiger partial charge on any atom is 0.328 e. The van der Waals surface area contributed by atoms with Crippen LogP contribution in [0.2, 0.25) is 0 Å². The first-order chi connectivity index (χ1) is 7.49. The van der Waals surface area contributed by atoms with Gasteiger partial charge in [0.05, 0.1) is 6.54 Å². The lowest BCUT2D eigenvalue weighted by molar-refractivity contribution is -0.132. The zero-order chi connectivity index (χ0) is 12.1. The molecule has 1 rings (SSSR count). The molecule has 0 aliphatic carbocycles. The summed E-state index contributed by atoms with van der Waals surface area (Å²) in [6.45, 7) is 2.03. The summed E-state index contributed by atoms with van der Waals surface area (Å²) >= 11 is 0. The molecule has 0 unspecified atom stereocenters. The minimum Gasteiger partial charge on any atom is -0.478 e. The van der Waals surface area contributed by atoms with Crippen LogP contribution < -0.4 is 0 Å². The van der Waals surface area contributed by atoms with E-state index < -0.39 is 11.9 Å². The number of carboxylic acids is 1. The third-order valence-corrected chi connectivity index (χ3v) is 1.82. The number of rotatable bonds is 4. The van der Waals surface area contributed by atoms with Crippen LogP contribution in [0.15, 0.2) is 22.7 Å². The van der Waals surface area contributed by atoms with Gasteiger partial charge in [-0.3, -0.25) is 4.79 Å². The lowest BCUT2D eigenvalue weighted by Crippen LogP contribution is -2.24. The fourth-order valence-electron chi connectivity index (χ4n) is 1.08. The lowest BCUT2D eigenvalue weighted by Gasteiger charge is -2.12. The number of aliphatic carboxylic acids is 1. The van der Waals surface area contributed by atoms with Gasteiger partial charge in [-0.1, -0.05) is 5.16 Å². The van der Waals surface area contributed by atoms with E-state index in [1.807, 2.05) is 0 Å². The molecule has 0 saturated carbocycles. The molecule has 0 aliphatic rings. The Morgan fingerprint density at radius 3 is 2.75 bits per heavy atom. The summed E-state index contributed by atoms with van der Waals surface area (Å²) in [7, 11) is 1.55. The van der Waals surface area contributed by atoms with Gasteiger partial charge < -0.3 is 14.5 Å². The number of carbonyl (C=O) groups is 2. The monoisotopic (exact) mass is 224 g/mol. The molecule has 0 bridgehead atoms. The first-order valence-electron chi connectivity index (χ1n) is 4.57. The molecule has 0 fully saturated rings. The maximum absolute atomic E-state index is 11.4. The minimum atomic E-state index is -1.15. The molecule has 1 aromatic heterocycles. The van der Waals surface area contributed by atoms with Gasteiger partial charge in [0.1, 0.15) is 11.5 Å². The van der Waals surface area contributed by atoms with Crippen molar-refractivity contribution in [2.24, 2.45) is 0 Å². The van der Waals surface area contributed by atoms with Crippen molar-refractivity contribution in [3.8, 4) is 0 Å². The highest BCUT2D eigenvalue weighted by Gasteiger charge is 2.09. The van der Waals surface area contributed by atoms with E-state index in [0.29, 0.717) is 11.5 Å². The Morgan fingerprint density at radius 2 is 2.25 bits per heavy atom. The van der Waals surface area contributed by atoms with Gasteiger partial charge in [0.15, 0.2) is 0 Å². The molecule has 0 saturated heterocycles. The smallest absolute Gasteiger partial charge is 0.328 e. The number of amides is 1. The second kappa shape index (κ2) is 5.11. The molecule has 1 heterocycles. The predicted molar refractivity (Wildman–Crippen MR) is 54.5 cm³/mol. The topological polar surface area (TPSA) is 83.6 Å². The average Bonchev–Trinajstić information content (AvgIpc) is 2.60. The van der Waals surface area contributed by atoms with Gasteiger partial charge in [-0.2, -0.15) is 0 Å². The van der Waals surface area contributed by atoms with Crippen LogP contribution in [0.3, 0.4) is 0 Å². The summed E-state index contributed by atoms with van der Waals surface area (Å²) in [5, 5.41) is 12.1. The summed E-state index contributed by atoms with van der Waals surface area (Å²) in [6, 6.07) is 1.71. The van der Waals surface area contributed by atoms with Crippen LogP contribution in [-0.2, 0) is 16.1 Å². The molecule has 6 nitrogen and oxygen atoms in total. The second-order valence-electron chi connectivity index (χ2n) is 3.29. The van der Waals surface area contributed by atoms with Gasteiger partial charge in [0.2, 0.25) is 5.91 Å². The number of aryl methyl sites for hydroxylation is 1. The molecule has 1 N–H and O–H groups in total. The normalized spacial score (nSPS) is 10.6. The molecule has 0 spiro atoms. The SMILES string of the molecule is Cc1cc(CN(C)C(=O)/C=C/C(=O)O)no1. The zero-order valence-corrected chi connectivity index (χ0v) is 9.01. The summed E-state index contributed by atoms with van der Waals surface area (Å²) in [5.74, 6) is -0.890. The molecule has 16 heavy (non-hydrogen) atoms. The Balaban J connectivity index is 2.55. The number of aromatic nitrogens is 1. The highest BCUT2D eigenvalue weighted by molar-refractivity contribution is 5.93. The average molecular weight is 224 g/mol. The first kappa shape index (κ1) is 12.0. The van der Waals surface area contributed by atoms with Gasteiger partial charge in [0.25, 0.3) is 0 Å². The van der Waals surface area contributed by atoms with E-state index in [1.165, 1.54) is 4.90 Å². The van der Waals surface area contributed by atoms with Crippen LogP contribution >= 0.6 is 0 Å². The van der Waals surface area contributed by atoms with Crippen molar-refractivity contribution < 1.29 is 19.2 Å². The third kappa shape index (κ3) is 3.56. The number of nitrogens with zero attached hydrogens (tertiary/aromatic N) is 2. The van der Waals surface area contributed by atoms with Crippen LogP contribution in [0, 0.1) is 6.92 Å². The van der Waals surface area contributed by atoms with Crippen molar-refractivity contribution in [2.45, 2.75) is 13.5 Å². The van der Waals surface area contributed by atoms with E-state index >= 15 is 0 Å². The summed E-state index contributed by atoms with van der Waals surface area (Å²) in [4.78, 5) is 22.9. The molecule has 86 valence electrons. The Hall–Kier alpha value is -2.11. The number of hydrogen-bond donors (Lipinski definition) is 1. The van der Waals surface area contributed by atoms with Crippen LogP contribution in [0.5, 0.6) is 0 Å². The van der Waals surface area contributed by atoms with Gasteiger partial charge in [-0.25, -0.2) is 4.79 Å². The van der Waals surface area contributed by atoms with Gasteiger partial charge in [-0.05, 0) is 6.92 Å². The Bertz CT molecular complexity index is 422. The molecule has 1 aromatic rings. The standard InChI is InChI=1S/C10H12N2O4/c1-7-5-8(11-16-7)6-12(2)9(13)3-4-10(14)15/h3-5H,6H2,1-2H3,(H,14,15)/b4-3+. The van der Waals surface area contributed by atoms with E-state index in [-0.39, 0.29) is 6.54 Å². The maximum atomic E-state index is 11.4. The van der Waals surface area contributed by atoms with Crippen molar-refractivity contribution in [1.82, 2.24) is 10.1 Å². The summed E-state index contributed by atoms with van der Waals surface area (Å²) in [5.41, 5.74) is 0.622. The van der Waals surface area contributed by atoms with Gasteiger partial charge >= 0.3 is 5.97 Å². The van der Waals surface area contributed by atoms with Gasteiger partial charge in [-0.15, -0.1) is 0 Å². The number of carboxylic acid groups (broad SMARTS) is 1. The van der Waals surface area contributed by atoms with Crippen LogP contribution in [0.25, 0.3) is 0 Å². The van der Waals surface area contributed by atoms with E-state index in [0.717, 1.165) is 12.2 Å². The van der Waals surface area contributed by atoms with Crippen LogP contribution in [0.4, 0.5) is 0 Å². The highest BCUT2D eigenvalue weighted by atomic mass is 16.5. The van der Waals surface area contributed by atoms with Crippen molar-refractivity contribution in [1.29, 1.82) is 0 Å². The first-order valence-corrected chi connectivity index (χ1v) is 4.57. The highest BCUT2D eigenvalue weighted by Crippen LogP contribution is 2.04. The predicted octanol–water partition coefficient (Wildman–Crippen LogP) is 0.582. The number of carbonyl (C=O) groups excluding carboxylic acids is 1. The number of likely N-dealkylation sites (N-methyl/N-ethyl adjacent to an activating group) is 1. The summed E-state index contributed by atoms with van der Waals surface area (Å²) in [6.07, 6.45) is 1.79. The Kier molecular flexibility index (Phi) is 3.82. The fraction of sp³-hybridized carbons (Fsp3) is 0.300. The second-order valence-corrected chi connectivity index (χ2v) is 3.29. The molecule has 0 radical (unpaired) electrons. The molecule has 0 aromatic carbocycles. The van der Waals surface area contributed by atoms with Crippen molar-refractivity contribution >= 4 is 11.9 Å². The molecular formula is C10H12N2O4. The number of hydrogen-bond acceptors (Lipinski definition) is 4. The largest absolute Gasteiger partial charge is 0.478 e. The third-order valence-electron chi connectivity index (χ3n) is 1.82. The van der Waals surface area contributed by atoms with E-state index in [4.69, 9.17) is 9.63 Å². The van der Waals surface area contributed by atoms with E-state index in [9.17, 15) is 9.59 Å².